The van der Waals surface area contributed by atoms with Crippen LogP contribution in [0.5, 0.6) is 5.75 Å². The fraction of sp³-hybridized carbons (Fsp3) is 0.389. The van der Waals surface area contributed by atoms with Crippen LogP contribution in [0.4, 0.5) is 32.0 Å². The molecule has 6 rings (SSSR count). The number of carbonyl (C=O) groups is 2. The van der Waals surface area contributed by atoms with Crippen LogP contribution in [0.2, 0.25) is 0 Å². The fourth-order valence-electron chi connectivity index (χ4n) is 7.46. The van der Waals surface area contributed by atoms with Crippen LogP contribution in [0.25, 0.3) is 16.8 Å². The van der Waals surface area contributed by atoms with Gasteiger partial charge in [-0.1, -0.05) is 60.9 Å². The normalized spacial score (nSPS) is 23.6. The third kappa shape index (κ3) is 6.06. The molecule has 2 fully saturated rings. The summed E-state index contributed by atoms with van der Waals surface area (Å²) in [5.41, 5.74) is 0.00332. The molecule has 47 heavy (non-hydrogen) atoms. The largest absolute Gasteiger partial charge is 0.507 e. The molecular formula is C36H33F6NO4. The third-order valence-electron chi connectivity index (χ3n) is 9.53. The molecule has 3 aromatic rings. The van der Waals surface area contributed by atoms with Crippen molar-refractivity contribution in [1.29, 1.82) is 0 Å². The molecule has 5 nitrogen and oxygen atoms in total. The van der Waals surface area contributed by atoms with Gasteiger partial charge in [-0.15, -0.1) is 0 Å². The van der Waals surface area contributed by atoms with Crippen LogP contribution in [0, 0.1) is 17.8 Å². The predicted molar refractivity (Wildman–Crippen MR) is 164 cm³/mol. The first-order valence-corrected chi connectivity index (χ1v) is 15.6. The lowest BCUT2D eigenvalue weighted by molar-refractivity contribution is -0.143. The average Bonchev–Trinajstić information content (AvgIpc) is 3.55. The minimum Gasteiger partial charge on any atom is -0.507 e. The number of anilines is 1. The van der Waals surface area contributed by atoms with Gasteiger partial charge in [0.1, 0.15) is 5.75 Å². The Labute approximate surface area is 267 Å². The van der Waals surface area contributed by atoms with Gasteiger partial charge < -0.3 is 9.84 Å². The van der Waals surface area contributed by atoms with Gasteiger partial charge in [0, 0.05) is 11.3 Å². The van der Waals surface area contributed by atoms with E-state index >= 15 is 0 Å². The SMILES string of the molecule is CCCC1=C2[C@@H](CC/C(C)=C/c3ccc(O)c4ccccc34)OC[C@@H]2[C@@H]2C(=O)N(c3cc(C(F)(F)F)cc(C(F)(F)F)c3)C(=O)[C@@H]2C1. The quantitative estimate of drug-likeness (QED) is 0.156. The maximum atomic E-state index is 13.8. The number of allylic oxidation sites excluding steroid dienone is 2. The lowest BCUT2D eigenvalue weighted by atomic mass is 9.68. The van der Waals surface area contributed by atoms with Gasteiger partial charge in [-0.2, -0.15) is 26.3 Å². The summed E-state index contributed by atoms with van der Waals surface area (Å²) in [4.78, 5) is 28.0. The zero-order valence-corrected chi connectivity index (χ0v) is 25.7. The van der Waals surface area contributed by atoms with E-state index < -0.39 is 58.7 Å². The highest BCUT2D eigenvalue weighted by Crippen LogP contribution is 2.52. The summed E-state index contributed by atoms with van der Waals surface area (Å²) in [6, 6.07) is 11.9. The van der Waals surface area contributed by atoms with E-state index in [0.717, 1.165) is 39.5 Å². The van der Waals surface area contributed by atoms with E-state index in [9.17, 15) is 41.0 Å². The number of phenols is 1. The summed E-state index contributed by atoms with van der Waals surface area (Å²) in [7, 11) is 0. The summed E-state index contributed by atoms with van der Waals surface area (Å²) in [5, 5.41) is 11.9. The molecule has 0 unspecified atom stereocenters. The topological polar surface area (TPSA) is 66.8 Å². The van der Waals surface area contributed by atoms with Crippen LogP contribution in [0.3, 0.4) is 0 Å². The van der Waals surface area contributed by atoms with E-state index in [1.165, 1.54) is 0 Å². The highest BCUT2D eigenvalue weighted by molar-refractivity contribution is 6.22. The van der Waals surface area contributed by atoms with Gasteiger partial charge >= 0.3 is 12.4 Å². The summed E-state index contributed by atoms with van der Waals surface area (Å²) in [6.07, 6.45) is -5.72. The molecule has 3 aliphatic rings. The van der Waals surface area contributed by atoms with Crippen molar-refractivity contribution >= 4 is 34.4 Å². The van der Waals surface area contributed by atoms with E-state index in [2.05, 4.69) is 0 Å². The van der Waals surface area contributed by atoms with Crippen molar-refractivity contribution in [2.24, 2.45) is 17.8 Å². The number of phenolic OH excluding ortho intramolecular Hbond substituents is 1. The molecule has 0 spiro atoms. The second-order valence-corrected chi connectivity index (χ2v) is 12.6. The first kappa shape index (κ1) is 32.8. The number of hydrogen-bond acceptors (Lipinski definition) is 4. The Morgan fingerprint density at radius 1 is 0.936 bits per heavy atom. The molecule has 4 atom stereocenters. The van der Waals surface area contributed by atoms with E-state index in [4.69, 9.17) is 4.74 Å². The lowest BCUT2D eigenvalue weighted by Crippen LogP contribution is -2.34. The van der Waals surface area contributed by atoms with Gasteiger partial charge in [-0.25, -0.2) is 4.90 Å². The molecule has 248 valence electrons. The van der Waals surface area contributed by atoms with E-state index in [1.54, 1.807) is 6.07 Å². The van der Waals surface area contributed by atoms with Crippen LogP contribution in [0.15, 0.2) is 71.3 Å². The maximum absolute atomic E-state index is 13.8. The van der Waals surface area contributed by atoms with Gasteiger partial charge in [0.25, 0.3) is 0 Å². The van der Waals surface area contributed by atoms with Crippen molar-refractivity contribution in [3.8, 4) is 5.75 Å². The molecule has 11 heteroatoms. The highest BCUT2D eigenvalue weighted by Gasteiger charge is 2.57. The zero-order chi connectivity index (χ0) is 33.8. The standard InChI is InChI=1S/C36H33F6NO4/c1-3-6-21-14-27-32(34(46)43(33(27)45)24-16-22(35(37,38)39)15-23(17-24)36(40,41)42)28-18-47-30(31(21)28)12-9-19(2)13-20-10-11-29(44)26-8-5-4-7-25(20)26/h4-5,7-8,10-11,13,15-17,27-28,30,32,44H,3,6,9,12,14,18H2,1-2H3/b19-13+/t27-,28+,30-,32-/m1/s1. The Hall–Kier alpha value is -4.12. The summed E-state index contributed by atoms with van der Waals surface area (Å²) in [6.45, 7) is 4.10. The molecule has 0 bridgehead atoms. The zero-order valence-electron chi connectivity index (χ0n) is 25.7. The predicted octanol–water partition coefficient (Wildman–Crippen LogP) is 9.09. The molecule has 2 heterocycles. The second-order valence-electron chi connectivity index (χ2n) is 12.6. The maximum Gasteiger partial charge on any atom is 0.416 e. The number of carbonyl (C=O) groups excluding carboxylic acids is 2. The minimum absolute atomic E-state index is 0.0173. The van der Waals surface area contributed by atoms with Crippen molar-refractivity contribution in [3.63, 3.8) is 0 Å². The van der Waals surface area contributed by atoms with E-state index in [-0.39, 0.29) is 30.9 Å². The number of rotatable bonds is 7. The smallest absolute Gasteiger partial charge is 0.416 e. The minimum atomic E-state index is -5.12. The molecule has 2 amide bonds. The first-order valence-electron chi connectivity index (χ1n) is 15.6. The Morgan fingerprint density at radius 3 is 2.23 bits per heavy atom. The van der Waals surface area contributed by atoms with Gasteiger partial charge in [-0.05, 0) is 73.4 Å². The summed E-state index contributed by atoms with van der Waals surface area (Å²) < 4.78 is 87.9. The van der Waals surface area contributed by atoms with Gasteiger partial charge in [0.05, 0.1) is 41.4 Å². The Balaban J connectivity index is 1.27. The second kappa shape index (κ2) is 12.2. The van der Waals surface area contributed by atoms with Gasteiger partial charge in [0.2, 0.25) is 11.8 Å². The molecule has 3 aromatic carbocycles. The van der Waals surface area contributed by atoms with Crippen LogP contribution in [0.1, 0.15) is 62.6 Å². The monoisotopic (exact) mass is 657 g/mol. The summed E-state index contributed by atoms with van der Waals surface area (Å²) in [5.74, 6) is -3.73. The van der Waals surface area contributed by atoms with E-state index in [0.29, 0.717) is 36.3 Å². The molecule has 2 aliphatic heterocycles. The third-order valence-corrected chi connectivity index (χ3v) is 9.53. The van der Waals surface area contributed by atoms with Gasteiger partial charge in [0.15, 0.2) is 0 Å². The molecule has 1 aliphatic carbocycles. The number of aromatic hydroxyl groups is 1. The Bertz CT molecular complexity index is 1770. The Morgan fingerprint density at radius 2 is 1.60 bits per heavy atom. The Kier molecular flexibility index (Phi) is 8.48. The van der Waals surface area contributed by atoms with Crippen molar-refractivity contribution in [2.75, 3.05) is 11.5 Å². The number of benzene rings is 3. The number of alkyl halides is 6. The summed E-state index contributed by atoms with van der Waals surface area (Å²) >= 11 is 0. The number of fused-ring (bicyclic) bond motifs is 4. The van der Waals surface area contributed by atoms with Crippen molar-refractivity contribution in [2.45, 2.75) is 64.4 Å². The number of hydrogen-bond donors (Lipinski definition) is 1. The number of ether oxygens (including phenoxy) is 1. The lowest BCUT2D eigenvalue weighted by Gasteiger charge is -2.31. The number of amides is 2. The molecule has 0 aromatic heterocycles. The van der Waals surface area contributed by atoms with Crippen molar-refractivity contribution in [3.05, 3.63) is 88.0 Å². The molecule has 1 N–H and O–H groups in total. The molecule has 0 radical (unpaired) electrons. The number of imide groups is 1. The van der Waals surface area contributed by atoms with Crippen molar-refractivity contribution < 1.29 is 45.8 Å². The first-order chi connectivity index (χ1) is 22.2. The van der Waals surface area contributed by atoms with Crippen molar-refractivity contribution in [1.82, 2.24) is 0 Å². The average molecular weight is 658 g/mol. The van der Waals surface area contributed by atoms with Gasteiger partial charge in [-0.3, -0.25) is 9.59 Å². The molecule has 0 saturated carbocycles. The van der Waals surface area contributed by atoms with Crippen LogP contribution >= 0.6 is 0 Å². The number of halogens is 6. The van der Waals surface area contributed by atoms with E-state index in [1.807, 2.05) is 50.3 Å². The highest BCUT2D eigenvalue weighted by atomic mass is 19.4. The van der Waals surface area contributed by atoms with Crippen LogP contribution in [-0.4, -0.2) is 29.6 Å². The number of nitrogens with zero attached hydrogens (tertiary/aromatic N) is 1. The fourth-order valence-corrected chi connectivity index (χ4v) is 7.46. The molecular weight excluding hydrogens is 624 g/mol. The van der Waals surface area contributed by atoms with Crippen LogP contribution in [-0.2, 0) is 26.7 Å². The van der Waals surface area contributed by atoms with Crippen LogP contribution < -0.4 is 4.90 Å². The molecule has 2 saturated heterocycles.